The minimum Gasteiger partial charge on any atom is -0.361 e. The fourth-order valence-electron chi connectivity index (χ4n) is 4.18. The molecule has 1 aliphatic heterocycles. The molecule has 4 rings (SSSR count). The van der Waals surface area contributed by atoms with Crippen molar-refractivity contribution in [2.75, 3.05) is 31.5 Å². The molecule has 6 N–H and O–H groups in total. The molecule has 2 heterocycles. The number of benzene rings is 2. The smallest absolute Gasteiger partial charge is 0.244 e. The van der Waals surface area contributed by atoms with Crippen LogP contribution in [0.4, 0.5) is 5.69 Å². The highest BCUT2D eigenvalue weighted by Crippen LogP contribution is 2.18. The first-order valence-electron chi connectivity index (χ1n) is 12.6. The van der Waals surface area contributed by atoms with E-state index in [1.807, 2.05) is 53.4 Å². The van der Waals surface area contributed by atoms with Gasteiger partial charge in [-0.2, -0.15) is 4.99 Å². The number of nitrogens with zero attached hydrogens (tertiary/aromatic N) is 5. The van der Waals surface area contributed by atoms with E-state index in [1.54, 1.807) is 0 Å². The highest BCUT2D eigenvalue weighted by molar-refractivity contribution is 6.09. The van der Waals surface area contributed by atoms with Crippen molar-refractivity contribution in [1.29, 1.82) is 0 Å². The summed E-state index contributed by atoms with van der Waals surface area (Å²) < 4.78 is 1.82. The lowest BCUT2D eigenvalue weighted by atomic mass is 10.1. The molecule has 2 aromatic carbocycles. The van der Waals surface area contributed by atoms with E-state index in [4.69, 9.17) is 11.5 Å². The van der Waals surface area contributed by atoms with Crippen molar-refractivity contribution in [3.8, 4) is 0 Å². The van der Waals surface area contributed by atoms with Gasteiger partial charge < -0.3 is 22.1 Å². The molecule has 194 valence electrons. The number of aliphatic imine (C=N–C) groups is 1. The standard InChI is InChI=1S/C27H35N9O/c1-20(37)31-27-22(16-24(32-27)19-36-26-7-3-2-6-25(26)33-34-36)17-30-23-10-8-21(9-11-23)18-35(14-4-12-28)15-5-13-29/h2-3,6-11,16-17,30H,4-5,12-15,18-19,28-29H2,1H3,(H,31,32,37)/b22-17-. The Bertz CT molecular complexity index is 1280. The maximum atomic E-state index is 11.7. The largest absolute Gasteiger partial charge is 0.361 e. The quantitative estimate of drug-likeness (QED) is 0.297. The molecule has 1 amide bonds. The van der Waals surface area contributed by atoms with Gasteiger partial charge in [-0.25, -0.2) is 4.68 Å². The molecule has 10 nitrogen and oxygen atoms in total. The number of anilines is 1. The Kier molecular flexibility index (Phi) is 9.14. The number of carbonyl (C=O) groups excluding carboxylic acids is 1. The third kappa shape index (κ3) is 7.32. The zero-order chi connectivity index (χ0) is 26.0. The SMILES string of the molecule is CC(=O)/N=C1/NC(Cn2nnc3ccccc32)=C/C1=C/Nc1ccc(CN(CCCN)CCCN)cc1. The van der Waals surface area contributed by atoms with Gasteiger partial charge in [0.1, 0.15) is 11.4 Å². The van der Waals surface area contributed by atoms with Crippen LogP contribution in [-0.2, 0) is 17.9 Å². The molecule has 0 unspecified atom stereocenters. The highest BCUT2D eigenvalue weighted by atomic mass is 16.1. The maximum Gasteiger partial charge on any atom is 0.244 e. The van der Waals surface area contributed by atoms with Gasteiger partial charge in [0, 0.05) is 36.6 Å². The number of amidine groups is 1. The van der Waals surface area contributed by atoms with Gasteiger partial charge in [0.25, 0.3) is 0 Å². The van der Waals surface area contributed by atoms with Crippen LogP contribution in [0.2, 0.25) is 0 Å². The summed E-state index contributed by atoms with van der Waals surface area (Å²) in [7, 11) is 0. The van der Waals surface area contributed by atoms with Crippen molar-refractivity contribution >= 4 is 28.5 Å². The van der Waals surface area contributed by atoms with Crippen LogP contribution in [0, 0.1) is 0 Å². The lowest BCUT2D eigenvalue weighted by molar-refractivity contribution is -0.115. The van der Waals surface area contributed by atoms with E-state index >= 15 is 0 Å². The second kappa shape index (κ2) is 12.9. The lowest BCUT2D eigenvalue weighted by Crippen LogP contribution is -2.28. The first kappa shape index (κ1) is 26.2. The first-order chi connectivity index (χ1) is 18.1. The average Bonchev–Trinajstić information content (AvgIpc) is 3.48. The summed E-state index contributed by atoms with van der Waals surface area (Å²) in [6.45, 7) is 6.08. The molecule has 37 heavy (non-hydrogen) atoms. The second-order valence-corrected chi connectivity index (χ2v) is 9.01. The Morgan fingerprint density at radius 1 is 1.11 bits per heavy atom. The van der Waals surface area contributed by atoms with E-state index in [-0.39, 0.29) is 5.91 Å². The van der Waals surface area contributed by atoms with Crippen molar-refractivity contribution in [3.05, 3.63) is 77.6 Å². The van der Waals surface area contributed by atoms with Crippen LogP contribution in [0.5, 0.6) is 0 Å². The van der Waals surface area contributed by atoms with Crippen molar-refractivity contribution in [2.45, 2.75) is 32.9 Å². The second-order valence-electron chi connectivity index (χ2n) is 9.01. The highest BCUT2D eigenvalue weighted by Gasteiger charge is 2.18. The molecule has 0 bridgehead atoms. The average molecular weight is 502 g/mol. The van der Waals surface area contributed by atoms with Gasteiger partial charge in [-0.15, -0.1) is 5.10 Å². The van der Waals surface area contributed by atoms with Gasteiger partial charge in [0.15, 0.2) is 0 Å². The van der Waals surface area contributed by atoms with Gasteiger partial charge in [-0.3, -0.25) is 9.69 Å². The Morgan fingerprint density at radius 3 is 2.54 bits per heavy atom. The van der Waals surface area contributed by atoms with Crippen LogP contribution in [0.1, 0.15) is 25.3 Å². The van der Waals surface area contributed by atoms with Gasteiger partial charge in [0.05, 0.1) is 12.1 Å². The van der Waals surface area contributed by atoms with Crippen LogP contribution in [0.3, 0.4) is 0 Å². The van der Waals surface area contributed by atoms with Crippen LogP contribution in [0.25, 0.3) is 11.0 Å². The van der Waals surface area contributed by atoms with Gasteiger partial charge in [-0.1, -0.05) is 29.5 Å². The number of allylic oxidation sites excluding steroid dienone is 1. The molecule has 0 fully saturated rings. The number of nitrogens with one attached hydrogen (secondary N) is 2. The molecule has 0 aliphatic carbocycles. The first-order valence-corrected chi connectivity index (χ1v) is 12.6. The van der Waals surface area contributed by atoms with Crippen molar-refractivity contribution in [3.63, 3.8) is 0 Å². The predicted octanol–water partition coefficient (Wildman–Crippen LogP) is 2.36. The monoisotopic (exact) mass is 501 g/mol. The minimum atomic E-state index is -0.271. The van der Waals surface area contributed by atoms with Gasteiger partial charge in [0.2, 0.25) is 5.91 Å². The molecule has 3 aromatic rings. The van der Waals surface area contributed by atoms with E-state index in [0.29, 0.717) is 25.5 Å². The number of hydrogen-bond acceptors (Lipinski definition) is 7. The van der Waals surface area contributed by atoms with E-state index in [1.165, 1.54) is 12.5 Å². The van der Waals surface area contributed by atoms with E-state index < -0.39 is 0 Å². The number of aromatic nitrogens is 3. The number of nitrogens with two attached hydrogens (primary N) is 2. The Hall–Kier alpha value is -3.86. The number of para-hydroxylation sites is 1. The van der Waals surface area contributed by atoms with Crippen LogP contribution in [-0.4, -0.2) is 57.8 Å². The normalized spacial score (nSPS) is 15.5. The van der Waals surface area contributed by atoms with Crippen molar-refractivity contribution < 1.29 is 4.79 Å². The maximum absolute atomic E-state index is 11.7. The third-order valence-corrected chi connectivity index (χ3v) is 6.00. The Balaban J connectivity index is 1.44. The lowest BCUT2D eigenvalue weighted by Gasteiger charge is -2.22. The summed E-state index contributed by atoms with van der Waals surface area (Å²) in [5, 5.41) is 15.0. The fourth-order valence-corrected chi connectivity index (χ4v) is 4.18. The van der Waals surface area contributed by atoms with Crippen LogP contribution < -0.4 is 22.1 Å². The molecule has 0 spiro atoms. The zero-order valence-corrected chi connectivity index (χ0v) is 21.2. The number of carbonyl (C=O) groups is 1. The summed E-state index contributed by atoms with van der Waals surface area (Å²) in [4.78, 5) is 18.3. The Morgan fingerprint density at radius 2 is 1.84 bits per heavy atom. The number of hydrogen-bond donors (Lipinski definition) is 4. The van der Waals surface area contributed by atoms with Crippen molar-refractivity contribution in [1.82, 2.24) is 25.2 Å². The fraction of sp³-hybridized carbons (Fsp3) is 0.333. The van der Waals surface area contributed by atoms with Crippen molar-refractivity contribution in [2.24, 2.45) is 16.5 Å². The summed E-state index contributed by atoms with van der Waals surface area (Å²) in [6.07, 6.45) is 5.76. The zero-order valence-electron chi connectivity index (χ0n) is 21.2. The molecule has 0 atom stereocenters. The molecule has 0 saturated carbocycles. The Labute approximate surface area is 217 Å². The third-order valence-electron chi connectivity index (χ3n) is 6.00. The summed E-state index contributed by atoms with van der Waals surface area (Å²) in [5.41, 5.74) is 17.0. The van der Waals surface area contributed by atoms with Crippen LogP contribution >= 0.6 is 0 Å². The van der Waals surface area contributed by atoms with Crippen LogP contribution in [0.15, 0.2) is 77.1 Å². The molecule has 0 radical (unpaired) electrons. The molecule has 1 aromatic heterocycles. The molecule has 10 heteroatoms. The summed E-state index contributed by atoms with van der Waals surface area (Å²) >= 11 is 0. The summed E-state index contributed by atoms with van der Waals surface area (Å²) in [6, 6.07) is 16.1. The molecular formula is C27H35N9O. The molecule has 0 saturated heterocycles. The van der Waals surface area contributed by atoms with E-state index in [0.717, 1.165) is 60.5 Å². The number of fused-ring (bicyclic) bond motifs is 1. The summed E-state index contributed by atoms with van der Waals surface area (Å²) in [5.74, 6) is 0.235. The van der Waals surface area contributed by atoms with E-state index in [9.17, 15) is 4.79 Å². The number of rotatable bonds is 12. The topological polar surface area (TPSA) is 139 Å². The van der Waals surface area contributed by atoms with Gasteiger partial charge >= 0.3 is 0 Å². The molecular weight excluding hydrogens is 466 g/mol. The minimum absolute atomic E-state index is 0.271. The van der Waals surface area contributed by atoms with E-state index in [2.05, 4.69) is 43.0 Å². The predicted molar refractivity (Wildman–Crippen MR) is 148 cm³/mol. The van der Waals surface area contributed by atoms with Gasteiger partial charge in [-0.05, 0) is 74.9 Å². The number of amides is 1. The molecule has 1 aliphatic rings.